The lowest BCUT2D eigenvalue weighted by Crippen LogP contribution is -2.00. The number of phenolic OH excluding ortho intramolecular Hbond substituents is 2. The van der Waals surface area contributed by atoms with Crippen LogP contribution in [0.4, 0.5) is 5.82 Å². The number of nitrogens with zero attached hydrogens (tertiary/aromatic N) is 3. The number of anilines is 1. The van der Waals surface area contributed by atoms with Gasteiger partial charge in [0.05, 0.1) is 16.8 Å². The van der Waals surface area contributed by atoms with Crippen molar-refractivity contribution in [3.05, 3.63) is 75.8 Å². The van der Waals surface area contributed by atoms with Crippen LogP contribution in [0.15, 0.2) is 59.7 Å². The lowest BCUT2D eigenvalue weighted by atomic mass is 10.1. The first-order valence-corrected chi connectivity index (χ1v) is 9.72. The van der Waals surface area contributed by atoms with Crippen molar-refractivity contribution in [1.29, 1.82) is 0 Å². The molecule has 0 spiro atoms. The molecule has 4 rings (SSSR count). The van der Waals surface area contributed by atoms with Crippen LogP contribution >= 0.6 is 23.2 Å². The zero-order valence-corrected chi connectivity index (χ0v) is 17.3. The minimum atomic E-state index is -0.0401. The molecule has 1 aromatic heterocycles. The molecule has 0 atom stereocenters. The van der Waals surface area contributed by atoms with E-state index in [1.54, 1.807) is 31.2 Å². The molecule has 0 saturated carbocycles. The van der Waals surface area contributed by atoms with Gasteiger partial charge in [-0.2, -0.15) is 5.10 Å². The van der Waals surface area contributed by atoms with Crippen LogP contribution in [0, 0.1) is 6.92 Å². The molecule has 30 heavy (non-hydrogen) atoms. The van der Waals surface area contributed by atoms with Gasteiger partial charge in [0.25, 0.3) is 0 Å². The highest BCUT2D eigenvalue weighted by Crippen LogP contribution is 2.31. The fourth-order valence-electron chi connectivity index (χ4n) is 2.93. The summed E-state index contributed by atoms with van der Waals surface area (Å²) in [7, 11) is 0. The van der Waals surface area contributed by atoms with Gasteiger partial charge in [-0.3, -0.25) is 5.43 Å². The van der Waals surface area contributed by atoms with E-state index in [-0.39, 0.29) is 11.5 Å². The smallest absolute Gasteiger partial charge is 0.163 e. The monoisotopic (exact) mass is 438 g/mol. The zero-order chi connectivity index (χ0) is 21.3. The molecule has 0 aliphatic heterocycles. The molecule has 3 aromatic carbocycles. The average molecular weight is 439 g/mol. The van der Waals surface area contributed by atoms with E-state index in [9.17, 15) is 10.2 Å². The third-order valence-electron chi connectivity index (χ3n) is 4.58. The summed E-state index contributed by atoms with van der Waals surface area (Å²) in [5.41, 5.74) is 5.11. The van der Waals surface area contributed by atoms with E-state index in [2.05, 4.69) is 20.5 Å². The maximum Gasteiger partial charge on any atom is 0.163 e. The number of aromatic hydroxyl groups is 2. The Kier molecular flexibility index (Phi) is 5.44. The molecule has 0 bridgehead atoms. The molecule has 0 saturated heterocycles. The summed E-state index contributed by atoms with van der Waals surface area (Å²) in [4.78, 5) is 9.18. The Hall–Kier alpha value is -3.35. The van der Waals surface area contributed by atoms with Gasteiger partial charge < -0.3 is 10.2 Å². The van der Waals surface area contributed by atoms with Crippen molar-refractivity contribution < 1.29 is 10.2 Å². The van der Waals surface area contributed by atoms with Crippen LogP contribution in [0.25, 0.3) is 22.3 Å². The second kappa shape index (κ2) is 8.18. The van der Waals surface area contributed by atoms with Crippen LogP contribution in [0.3, 0.4) is 0 Å². The molecule has 0 unspecified atom stereocenters. The van der Waals surface area contributed by atoms with Gasteiger partial charge in [0, 0.05) is 27.1 Å². The maximum atomic E-state index is 10.2. The minimum Gasteiger partial charge on any atom is -0.508 e. The highest BCUT2D eigenvalue weighted by atomic mass is 35.5. The number of para-hydroxylation sites is 1. The van der Waals surface area contributed by atoms with Crippen LogP contribution in [-0.2, 0) is 0 Å². The Morgan fingerprint density at radius 3 is 2.60 bits per heavy atom. The Morgan fingerprint density at radius 1 is 1.00 bits per heavy atom. The van der Waals surface area contributed by atoms with Crippen molar-refractivity contribution in [2.24, 2.45) is 5.10 Å². The molecule has 0 aliphatic carbocycles. The van der Waals surface area contributed by atoms with E-state index in [1.165, 1.54) is 12.3 Å². The van der Waals surface area contributed by atoms with E-state index in [4.69, 9.17) is 23.2 Å². The average Bonchev–Trinajstić information content (AvgIpc) is 2.73. The van der Waals surface area contributed by atoms with E-state index in [0.717, 1.165) is 10.9 Å². The molecular formula is C22H16Cl2N4O2. The quantitative estimate of drug-likeness (QED) is 0.278. The van der Waals surface area contributed by atoms with Crippen LogP contribution in [-0.4, -0.2) is 26.4 Å². The first-order chi connectivity index (χ1) is 14.4. The number of hydrogen-bond acceptors (Lipinski definition) is 6. The molecule has 1 heterocycles. The molecule has 0 aliphatic rings. The van der Waals surface area contributed by atoms with E-state index in [1.807, 2.05) is 24.3 Å². The lowest BCUT2D eigenvalue weighted by Gasteiger charge is -2.10. The van der Waals surface area contributed by atoms with Gasteiger partial charge >= 0.3 is 0 Å². The number of aromatic nitrogens is 2. The zero-order valence-electron chi connectivity index (χ0n) is 15.8. The number of benzene rings is 3. The van der Waals surface area contributed by atoms with Crippen molar-refractivity contribution in [1.82, 2.24) is 9.97 Å². The predicted molar refractivity (Wildman–Crippen MR) is 121 cm³/mol. The van der Waals surface area contributed by atoms with Crippen LogP contribution in [0.1, 0.15) is 11.1 Å². The fraction of sp³-hybridized carbons (Fsp3) is 0.0455. The molecule has 150 valence electrons. The number of phenols is 2. The molecule has 8 heteroatoms. The topological polar surface area (TPSA) is 90.6 Å². The first-order valence-electron chi connectivity index (χ1n) is 8.97. The summed E-state index contributed by atoms with van der Waals surface area (Å²) in [6.45, 7) is 1.62. The Balaban J connectivity index is 1.74. The molecule has 0 amide bonds. The Labute approximate surface area is 182 Å². The summed E-state index contributed by atoms with van der Waals surface area (Å²) in [6, 6.07) is 15.7. The molecule has 6 nitrogen and oxygen atoms in total. The van der Waals surface area contributed by atoms with Crippen LogP contribution < -0.4 is 5.43 Å². The van der Waals surface area contributed by atoms with Crippen molar-refractivity contribution in [2.75, 3.05) is 5.43 Å². The van der Waals surface area contributed by atoms with Crippen molar-refractivity contribution >= 4 is 46.1 Å². The standard InChI is InChI=1S/C22H16Cl2N4O2/c1-12-19(29)9-6-13(20(12)30)11-25-28-22-16-4-2-3-5-18(16)26-21(27-22)15-8-7-14(23)10-17(15)24/h2-11,29-30H,1H3,(H,26,27,28)/b25-11+. The maximum absolute atomic E-state index is 10.2. The molecule has 0 radical (unpaired) electrons. The lowest BCUT2D eigenvalue weighted by molar-refractivity contribution is 0.442. The summed E-state index contributed by atoms with van der Waals surface area (Å²) in [5.74, 6) is 0.884. The Bertz CT molecular complexity index is 1290. The Morgan fingerprint density at radius 2 is 1.80 bits per heavy atom. The van der Waals surface area contributed by atoms with Gasteiger partial charge in [-0.15, -0.1) is 0 Å². The van der Waals surface area contributed by atoms with Crippen LogP contribution in [0.5, 0.6) is 11.5 Å². The minimum absolute atomic E-state index is 0.0175. The molecule has 4 aromatic rings. The number of rotatable bonds is 4. The summed E-state index contributed by atoms with van der Waals surface area (Å²) in [6.07, 6.45) is 1.45. The highest BCUT2D eigenvalue weighted by molar-refractivity contribution is 6.36. The van der Waals surface area contributed by atoms with Crippen molar-refractivity contribution in [3.8, 4) is 22.9 Å². The number of halogens is 2. The van der Waals surface area contributed by atoms with Gasteiger partial charge in [0.2, 0.25) is 0 Å². The third-order valence-corrected chi connectivity index (χ3v) is 5.13. The molecular weight excluding hydrogens is 423 g/mol. The first kappa shape index (κ1) is 19.9. The molecule has 0 fully saturated rings. The van der Waals surface area contributed by atoms with Gasteiger partial charge in [-0.1, -0.05) is 35.3 Å². The fourth-order valence-corrected chi connectivity index (χ4v) is 3.42. The highest BCUT2D eigenvalue weighted by Gasteiger charge is 2.12. The van der Waals surface area contributed by atoms with Gasteiger partial charge in [0.1, 0.15) is 11.5 Å². The summed E-state index contributed by atoms with van der Waals surface area (Å²) >= 11 is 12.3. The number of hydrazone groups is 1. The summed E-state index contributed by atoms with van der Waals surface area (Å²) in [5, 5.41) is 25.8. The van der Waals surface area contributed by atoms with Gasteiger partial charge in [-0.25, -0.2) is 9.97 Å². The number of hydrogen-bond donors (Lipinski definition) is 3. The second-order valence-corrected chi connectivity index (χ2v) is 7.40. The van der Waals surface area contributed by atoms with E-state index in [0.29, 0.717) is 38.4 Å². The van der Waals surface area contributed by atoms with E-state index >= 15 is 0 Å². The summed E-state index contributed by atoms with van der Waals surface area (Å²) < 4.78 is 0. The van der Waals surface area contributed by atoms with Crippen LogP contribution in [0.2, 0.25) is 10.0 Å². The molecule has 3 N–H and O–H groups in total. The van der Waals surface area contributed by atoms with Crippen molar-refractivity contribution in [3.63, 3.8) is 0 Å². The van der Waals surface area contributed by atoms with E-state index < -0.39 is 0 Å². The second-order valence-electron chi connectivity index (χ2n) is 6.55. The van der Waals surface area contributed by atoms with Crippen molar-refractivity contribution in [2.45, 2.75) is 6.92 Å². The SMILES string of the molecule is Cc1c(O)ccc(/C=N/Nc2nc(-c3ccc(Cl)cc3Cl)nc3ccccc23)c1O. The largest absolute Gasteiger partial charge is 0.508 e. The normalized spacial score (nSPS) is 11.3. The predicted octanol–water partition coefficient (Wildman–Crippen LogP) is 5.77. The van der Waals surface area contributed by atoms with Gasteiger partial charge in [-0.05, 0) is 49.4 Å². The number of nitrogens with one attached hydrogen (secondary N) is 1. The third kappa shape index (κ3) is 3.87. The van der Waals surface area contributed by atoms with Gasteiger partial charge in [0.15, 0.2) is 11.6 Å². The number of fused-ring (bicyclic) bond motifs is 1.